The average Bonchev–Trinajstić information content (AvgIpc) is 2.78. The van der Waals surface area contributed by atoms with Crippen LogP contribution in [0.15, 0.2) is 36.4 Å². The SMILES string of the molecule is CC(C)Oc1ccc(NC(C)c2ccc(Cl)s2)cc1. The van der Waals surface area contributed by atoms with Gasteiger partial charge in [0.25, 0.3) is 0 Å². The summed E-state index contributed by atoms with van der Waals surface area (Å²) in [6.07, 6.45) is 0.200. The maximum Gasteiger partial charge on any atom is 0.119 e. The van der Waals surface area contributed by atoms with E-state index in [-0.39, 0.29) is 12.1 Å². The Balaban J connectivity index is 1.99. The summed E-state index contributed by atoms with van der Waals surface area (Å²) in [6, 6.07) is 12.3. The molecule has 2 nitrogen and oxygen atoms in total. The highest BCUT2D eigenvalue weighted by molar-refractivity contribution is 7.16. The monoisotopic (exact) mass is 295 g/mol. The van der Waals surface area contributed by atoms with Crippen LogP contribution in [0.25, 0.3) is 0 Å². The summed E-state index contributed by atoms with van der Waals surface area (Å²) in [5, 5.41) is 3.45. The molecule has 0 aliphatic carbocycles. The summed E-state index contributed by atoms with van der Waals surface area (Å²) in [5.41, 5.74) is 1.08. The summed E-state index contributed by atoms with van der Waals surface area (Å²) in [6.45, 7) is 6.17. The number of anilines is 1. The number of benzene rings is 1. The van der Waals surface area contributed by atoms with E-state index in [1.54, 1.807) is 11.3 Å². The first-order chi connectivity index (χ1) is 9.04. The number of thiophene rings is 1. The van der Waals surface area contributed by atoms with Gasteiger partial charge in [-0.05, 0) is 57.2 Å². The van der Waals surface area contributed by atoms with E-state index in [2.05, 4.69) is 18.3 Å². The summed E-state index contributed by atoms with van der Waals surface area (Å²) in [5.74, 6) is 0.896. The zero-order valence-corrected chi connectivity index (χ0v) is 12.9. The van der Waals surface area contributed by atoms with E-state index < -0.39 is 0 Å². The van der Waals surface area contributed by atoms with Crippen molar-refractivity contribution >= 4 is 28.6 Å². The minimum Gasteiger partial charge on any atom is -0.491 e. The summed E-state index contributed by atoms with van der Waals surface area (Å²) in [4.78, 5) is 1.23. The summed E-state index contributed by atoms with van der Waals surface area (Å²) in [7, 11) is 0. The summed E-state index contributed by atoms with van der Waals surface area (Å²) >= 11 is 7.56. The lowest BCUT2D eigenvalue weighted by Crippen LogP contribution is -2.06. The average molecular weight is 296 g/mol. The van der Waals surface area contributed by atoms with E-state index in [0.717, 1.165) is 15.8 Å². The Kier molecular flexibility index (Phi) is 4.72. The molecule has 0 aliphatic heterocycles. The molecule has 1 aromatic carbocycles. The molecule has 0 amide bonds. The molecule has 1 N–H and O–H groups in total. The van der Waals surface area contributed by atoms with Crippen LogP contribution in [0, 0.1) is 0 Å². The Bertz CT molecular complexity index is 521. The van der Waals surface area contributed by atoms with E-state index in [1.807, 2.05) is 44.2 Å². The van der Waals surface area contributed by atoms with Gasteiger partial charge in [0.05, 0.1) is 16.5 Å². The number of halogens is 1. The fraction of sp³-hybridized carbons (Fsp3) is 0.333. The lowest BCUT2D eigenvalue weighted by molar-refractivity contribution is 0.242. The Morgan fingerprint density at radius 2 is 1.74 bits per heavy atom. The van der Waals surface area contributed by atoms with E-state index in [0.29, 0.717) is 0 Å². The predicted molar refractivity (Wildman–Crippen MR) is 83.6 cm³/mol. The van der Waals surface area contributed by atoms with E-state index in [4.69, 9.17) is 16.3 Å². The van der Waals surface area contributed by atoms with Crippen LogP contribution >= 0.6 is 22.9 Å². The molecule has 1 aromatic heterocycles. The Morgan fingerprint density at radius 3 is 2.26 bits per heavy atom. The van der Waals surface area contributed by atoms with Crippen LogP contribution in [0.5, 0.6) is 5.75 Å². The van der Waals surface area contributed by atoms with Gasteiger partial charge in [0.1, 0.15) is 5.75 Å². The Labute approximate surface area is 123 Å². The van der Waals surface area contributed by atoms with Gasteiger partial charge in [-0.15, -0.1) is 11.3 Å². The van der Waals surface area contributed by atoms with Crippen molar-refractivity contribution in [2.24, 2.45) is 0 Å². The second kappa shape index (κ2) is 6.31. The van der Waals surface area contributed by atoms with Gasteiger partial charge >= 0.3 is 0 Å². The molecule has 102 valence electrons. The van der Waals surface area contributed by atoms with Gasteiger partial charge in [-0.2, -0.15) is 0 Å². The van der Waals surface area contributed by atoms with Crippen molar-refractivity contribution in [1.82, 2.24) is 0 Å². The largest absolute Gasteiger partial charge is 0.491 e. The van der Waals surface area contributed by atoms with E-state index in [1.165, 1.54) is 4.88 Å². The maximum absolute atomic E-state index is 5.95. The van der Waals surface area contributed by atoms with Crippen molar-refractivity contribution in [2.75, 3.05) is 5.32 Å². The zero-order valence-electron chi connectivity index (χ0n) is 11.3. The first-order valence-corrected chi connectivity index (χ1v) is 7.52. The molecule has 2 aromatic rings. The van der Waals surface area contributed by atoms with Crippen molar-refractivity contribution in [1.29, 1.82) is 0 Å². The van der Waals surface area contributed by atoms with E-state index in [9.17, 15) is 0 Å². The highest BCUT2D eigenvalue weighted by atomic mass is 35.5. The van der Waals surface area contributed by atoms with Crippen LogP contribution in [-0.4, -0.2) is 6.10 Å². The molecule has 0 bridgehead atoms. The number of hydrogen-bond acceptors (Lipinski definition) is 3. The first kappa shape index (κ1) is 14.2. The molecule has 1 heterocycles. The number of rotatable bonds is 5. The van der Waals surface area contributed by atoms with Gasteiger partial charge in [-0.3, -0.25) is 0 Å². The summed E-state index contributed by atoms with van der Waals surface area (Å²) < 4.78 is 6.44. The maximum atomic E-state index is 5.95. The quantitative estimate of drug-likeness (QED) is 0.801. The third kappa shape index (κ3) is 4.15. The smallest absolute Gasteiger partial charge is 0.119 e. The molecule has 0 fully saturated rings. The molecule has 4 heteroatoms. The molecule has 1 unspecified atom stereocenters. The van der Waals surface area contributed by atoms with E-state index >= 15 is 0 Å². The van der Waals surface area contributed by atoms with Gasteiger partial charge in [-0.25, -0.2) is 0 Å². The second-order valence-corrected chi connectivity index (χ2v) is 6.45. The third-order valence-corrected chi connectivity index (χ3v) is 4.04. The van der Waals surface area contributed by atoms with Crippen molar-refractivity contribution < 1.29 is 4.74 Å². The second-order valence-electron chi connectivity index (χ2n) is 4.70. The van der Waals surface area contributed by atoms with Crippen LogP contribution in [-0.2, 0) is 0 Å². The molecule has 19 heavy (non-hydrogen) atoms. The predicted octanol–water partition coefficient (Wildman–Crippen LogP) is 5.36. The fourth-order valence-electron chi connectivity index (χ4n) is 1.78. The molecular formula is C15H18ClNOS. The molecule has 0 saturated carbocycles. The molecule has 0 radical (unpaired) electrons. The number of hydrogen-bond donors (Lipinski definition) is 1. The van der Waals surface area contributed by atoms with Crippen LogP contribution < -0.4 is 10.1 Å². The zero-order chi connectivity index (χ0) is 13.8. The standard InChI is InChI=1S/C15H18ClNOS/c1-10(2)18-13-6-4-12(5-7-13)17-11(3)14-8-9-15(16)19-14/h4-11,17H,1-3H3. The van der Waals surface area contributed by atoms with Gasteiger partial charge < -0.3 is 10.1 Å². The third-order valence-electron chi connectivity index (χ3n) is 2.63. The number of nitrogens with one attached hydrogen (secondary N) is 1. The van der Waals surface area contributed by atoms with Crippen LogP contribution in [0.3, 0.4) is 0 Å². The lowest BCUT2D eigenvalue weighted by atomic mass is 10.2. The molecule has 0 aliphatic rings. The van der Waals surface area contributed by atoms with Crippen molar-refractivity contribution in [2.45, 2.75) is 32.9 Å². The van der Waals surface area contributed by atoms with Gasteiger partial charge in [0.15, 0.2) is 0 Å². The minimum absolute atomic E-state index is 0.200. The highest BCUT2D eigenvalue weighted by Crippen LogP contribution is 2.29. The molecule has 1 atom stereocenters. The normalized spacial score (nSPS) is 12.5. The molecular weight excluding hydrogens is 278 g/mol. The molecule has 0 saturated heterocycles. The van der Waals surface area contributed by atoms with Gasteiger partial charge in [0, 0.05) is 10.6 Å². The Hall–Kier alpha value is -1.19. The Morgan fingerprint density at radius 1 is 1.05 bits per heavy atom. The highest BCUT2D eigenvalue weighted by Gasteiger charge is 2.08. The van der Waals surface area contributed by atoms with Crippen LogP contribution in [0.1, 0.15) is 31.7 Å². The van der Waals surface area contributed by atoms with Gasteiger partial charge in [0.2, 0.25) is 0 Å². The van der Waals surface area contributed by atoms with Crippen molar-refractivity contribution in [3.05, 3.63) is 45.6 Å². The topological polar surface area (TPSA) is 21.3 Å². The van der Waals surface area contributed by atoms with Crippen LogP contribution in [0.2, 0.25) is 4.34 Å². The van der Waals surface area contributed by atoms with Gasteiger partial charge in [-0.1, -0.05) is 11.6 Å². The first-order valence-electron chi connectivity index (χ1n) is 6.33. The van der Waals surface area contributed by atoms with Crippen molar-refractivity contribution in [3.63, 3.8) is 0 Å². The molecule has 0 spiro atoms. The molecule has 2 rings (SSSR count). The lowest BCUT2D eigenvalue weighted by Gasteiger charge is -2.15. The van der Waals surface area contributed by atoms with Crippen LogP contribution in [0.4, 0.5) is 5.69 Å². The minimum atomic E-state index is 0.200. The number of ether oxygens (including phenoxy) is 1. The fourth-order valence-corrected chi connectivity index (χ4v) is 2.85. The van der Waals surface area contributed by atoms with Crippen molar-refractivity contribution in [3.8, 4) is 5.75 Å².